The van der Waals surface area contributed by atoms with Crippen molar-refractivity contribution in [3.05, 3.63) is 70.7 Å². The standard InChI is InChI=1S/C19H24ClN/c1-3-18(16-10-6-5-7-11-16)19(21-4-2)14-15-9-8-12-17(20)13-15/h5-13,18-19,21H,3-4,14H2,1-2H3. The fourth-order valence-corrected chi connectivity index (χ4v) is 3.20. The van der Waals surface area contributed by atoms with E-state index in [1.54, 1.807) is 0 Å². The molecule has 1 N–H and O–H groups in total. The molecule has 0 saturated heterocycles. The molecular formula is C19H24ClN. The molecule has 2 aromatic rings. The molecular weight excluding hydrogens is 278 g/mol. The summed E-state index contributed by atoms with van der Waals surface area (Å²) in [6.07, 6.45) is 2.13. The molecule has 0 heterocycles. The number of hydrogen-bond donors (Lipinski definition) is 1. The number of hydrogen-bond acceptors (Lipinski definition) is 1. The van der Waals surface area contributed by atoms with E-state index in [1.165, 1.54) is 11.1 Å². The minimum absolute atomic E-state index is 0.431. The molecule has 0 saturated carbocycles. The summed E-state index contributed by atoms with van der Waals surface area (Å²) in [6, 6.07) is 19.4. The molecule has 112 valence electrons. The van der Waals surface area contributed by atoms with Crippen molar-refractivity contribution in [2.75, 3.05) is 6.54 Å². The summed E-state index contributed by atoms with van der Waals surface area (Å²) in [7, 11) is 0. The molecule has 0 aliphatic rings. The lowest BCUT2D eigenvalue weighted by Crippen LogP contribution is -2.36. The van der Waals surface area contributed by atoms with Gasteiger partial charge in [0.25, 0.3) is 0 Å². The summed E-state index contributed by atoms with van der Waals surface area (Å²) in [5.74, 6) is 0.519. The van der Waals surface area contributed by atoms with E-state index in [-0.39, 0.29) is 0 Å². The van der Waals surface area contributed by atoms with Gasteiger partial charge in [-0.05, 0) is 48.6 Å². The second-order valence-electron chi connectivity index (χ2n) is 5.42. The van der Waals surface area contributed by atoms with Gasteiger partial charge < -0.3 is 5.32 Å². The van der Waals surface area contributed by atoms with Crippen LogP contribution < -0.4 is 5.32 Å². The van der Waals surface area contributed by atoms with Crippen LogP contribution in [0.25, 0.3) is 0 Å². The van der Waals surface area contributed by atoms with Crippen LogP contribution in [0.1, 0.15) is 37.3 Å². The summed E-state index contributed by atoms with van der Waals surface area (Å²) in [5.41, 5.74) is 2.70. The van der Waals surface area contributed by atoms with Gasteiger partial charge in [-0.15, -0.1) is 0 Å². The van der Waals surface area contributed by atoms with Crippen molar-refractivity contribution in [1.82, 2.24) is 5.32 Å². The zero-order chi connectivity index (χ0) is 15.1. The van der Waals surface area contributed by atoms with Gasteiger partial charge in [-0.3, -0.25) is 0 Å². The number of halogens is 1. The highest BCUT2D eigenvalue weighted by Crippen LogP contribution is 2.26. The Hall–Kier alpha value is -1.31. The molecule has 21 heavy (non-hydrogen) atoms. The van der Waals surface area contributed by atoms with E-state index in [9.17, 15) is 0 Å². The van der Waals surface area contributed by atoms with Crippen LogP contribution in [0.2, 0.25) is 5.02 Å². The van der Waals surface area contributed by atoms with Gasteiger partial charge in [-0.2, -0.15) is 0 Å². The van der Waals surface area contributed by atoms with Gasteiger partial charge in [-0.25, -0.2) is 0 Å². The lowest BCUT2D eigenvalue weighted by molar-refractivity contribution is 0.428. The predicted molar refractivity (Wildman–Crippen MR) is 92.1 cm³/mol. The van der Waals surface area contributed by atoms with Crippen LogP contribution in [0.15, 0.2) is 54.6 Å². The molecule has 2 unspecified atom stereocenters. The van der Waals surface area contributed by atoms with Crippen LogP contribution >= 0.6 is 11.6 Å². The van der Waals surface area contributed by atoms with E-state index in [2.05, 4.69) is 61.6 Å². The van der Waals surface area contributed by atoms with Crippen molar-refractivity contribution in [2.24, 2.45) is 0 Å². The Morgan fingerprint density at radius 3 is 2.38 bits per heavy atom. The van der Waals surface area contributed by atoms with Crippen LogP contribution in [-0.4, -0.2) is 12.6 Å². The Kier molecular flexibility index (Phi) is 6.28. The van der Waals surface area contributed by atoms with Crippen molar-refractivity contribution in [1.29, 1.82) is 0 Å². The molecule has 0 bridgehead atoms. The summed E-state index contributed by atoms with van der Waals surface area (Å²) in [4.78, 5) is 0. The van der Waals surface area contributed by atoms with Crippen LogP contribution in [0.4, 0.5) is 0 Å². The first-order valence-corrected chi connectivity index (χ1v) is 8.15. The Bertz CT molecular complexity index is 538. The van der Waals surface area contributed by atoms with E-state index in [4.69, 9.17) is 11.6 Å². The van der Waals surface area contributed by atoms with Gasteiger partial charge in [0, 0.05) is 11.1 Å². The fourth-order valence-electron chi connectivity index (χ4n) is 2.99. The molecule has 2 atom stereocenters. The number of nitrogens with one attached hydrogen (secondary N) is 1. The quantitative estimate of drug-likeness (QED) is 0.754. The first-order chi connectivity index (χ1) is 10.2. The monoisotopic (exact) mass is 301 g/mol. The first-order valence-electron chi connectivity index (χ1n) is 7.77. The highest BCUT2D eigenvalue weighted by Gasteiger charge is 2.21. The highest BCUT2D eigenvalue weighted by molar-refractivity contribution is 6.30. The zero-order valence-electron chi connectivity index (χ0n) is 12.9. The maximum atomic E-state index is 6.12. The maximum absolute atomic E-state index is 6.12. The van der Waals surface area contributed by atoms with Crippen LogP contribution in [0.3, 0.4) is 0 Å². The van der Waals surface area contributed by atoms with Crippen LogP contribution in [0, 0.1) is 0 Å². The van der Waals surface area contributed by atoms with Crippen LogP contribution in [0.5, 0.6) is 0 Å². The lowest BCUT2D eigenvalue weighted by atomic mass is 9.85. The van der Waals surface area contributed by atoms with Crippen molar-refractivity contribution < 1.29 is 0 Å². The number of benzene rings is 2. The third kappa shape index (κ3) is 4.59. The molecule has 2 heteroatoms. The minimum atomic E-state index is 0.431. The number of rotatable bonds is 7. The van der Waals surface area contributed by atoms with E-state index in [0.717, 1.165) is 24.4 Å². The maximum Gasteiger partial charge on any atom is 0.0408 e. The highest BCUT2D eigenvalue weighted by atomic mass is 35.5. The Morgan fingerprint density at radius 1 is 1.00 bits per heavy atom. The molecule has 0 radical (unpaired) electrons. The Morgan fingerprint density at radius 2 is 1.76 bits per heavy atom. The lowest BCUT2D eigenvalue weighted by Gasteiger charge is -2.28. The van der Waals surface area contributed by atoms with Crippen LogP contribution in [-0.2, 0) is 6.42 Å². The predicted octanol–water partition coefficient (Wildman–Crippen LogP) is 5.05. The van der Waals surface area contributed by atoms with E-state index in [1.807, 2.05) is 12.1 Å². The summed E-state index contributed by atoms with van der Waals surface area (Å²) in [5, 5.41) is 4.47. The molecule has 0 fully saturated rings. The minimum Gasteiger partial charge on any atom is -0.313 e. The molecule has 1 nitrogen and oxygen atoms in total. The molecule has 0 aliphatic heterocycles. The third-order valence-electron chi connectivity index (χ3n) is 3.96. The SMILES string of the molecule is CCNC(Cc1cccc(Cl)c1)C(CC)c1ccccc1. The topological polar surface area (TPSA) is 12.0 Å². The third-order valence-corrected chi connectivity index (χ3v) is 4.20. The molecule has 0 amide bonds. The average Bonchev–Trinajstić information content (AvgIpc) is 2.49. The van der Waals surface area contributed by atoms with Crippen molar-refractivity contribution >= 4 is 11.6 Å². The average molecular weight is 302 g/mol. The number of likely N-dealkylation sites (N-methyl/N-ethyl adjacent to an activating group) is 1. The van der Waals surface area contributed by atoms with Gasteiger partial charge in [0.05, 0.1) is 0 Å². The molecule has 0 spiro atoms. The van der Waals surface area contributed by atoms with Crippen molar-refractivity contribution in [3.63, 3.8) is 0 Å². The normalized spacial score (nSPS) is 13.9. The Balaban J connectivity index is 2.20. The van der Waals surface area contributed by atoms with E-state index in [0.29, 0.717) is 12.0 Å². The van der Waals surface area contributed by atoms with Gasteiger partial charge in [0.2, 0.25) is 0 Å². The smallest absolute Gasteiger partial charge is 0.0408 e. The van der Waals surface area contributed by atoms with Gasteiger partial charge in [0.15, 0.2) is 0 Å². The molecule has 0 aliphatic carbocycles. The second kappa shape index (κ2) is 8.21. The molecule has 0 aromatic heterocycles. The van der Waals surface area contributed by atoms with Gasteiger partial charge in [0.1, 0.15) is 0 Å². The summed E-state index contributed by atoms with van der Waals surface area (Å²) >= 11 is 6.12. The van der Waals surface area contributed by atoms with Crippen molar-refractivity contribution in [3.8, 4) is 0 Å². The summed E-state index contributed by atoms with van der Waals surface area (Å²) in [6.45, 7) is 5.41. The fraction of sp³-hybridized carbons (Fsp3) is 0.368. The molecule has 2 aromatic carbocycles. The molecule has 2 rings (SSSR count). The Labute approximate surface area is 133 Å². The van der Waals surface area contributed by atoms with E-state index >= 15 is 0 Å². The largest absolute Gasteiger partial charge is 0.313 e. The van der Waals surface area contributed by atoms with E-state index < -0.39 is 0 Å². The second-order valence-corrected chi connectivity index (χ2v) is 5.86. The first kappa shape index (κ1) is 16.1. The zero-order valence-corrected chi connectivity index (χ0v) is 13.6. The van der Waals surface area contributed by atoms with Crippen molar-refractivity contribution in [2.45, 2.75) is 38.6 Å². The van der Waals surface area contributed by atoms with Gasteiger partial charge in [-0.1, -0.05) is 67.9 Å². The van der Waals surface area contributed by atoms with Gasteiger partial charge >= 0.3 is 0 Å². The summed E-state index contributed by atoms with van der Waals surface area (Å²) < 4.78 is 0.